The first-order valence-electron chi connectivity index (χ1n) is 9.96. The number of carbonyl (C=O) groups excluding carboxylic acids is 1. The average molecular weight is 367 g/mol. The number of hydrogen-bond donors (Lipinski definition) is 1. The summed E-state index contributed by atoms with van der Waals surface area (Å²) in [6.07, 6.45) is 3.77. The number of aromatic nitrogens is 1. The predicted molar refractivity (Wildman–Crippen MR) is 99.9 cm³/mol. The summed E-state index contributed by atoms with van der Waals surface area (Å²) in [5.41, 5.74) is 1.88. The number of nitrogens with zero attached hydrogens (tertiary/aromatic N) is 2. The van der Waals surface area contributed by atoms with E-state index in [2.05, 4.69) is 10.3 Å². The van der Waals surface area contributed by atoms with Crippen LogP contribution in [0.25, 0.3) is 11.5 Å². The summed E-state index contributed by atoms with van der Waals surface area (Å²) in [6, 6.07) is 10.3. The number of fused-ring (bicyclic) bond motifs is 2. The lowest BCUT2D eigenvalue weighted by molar-refractivity contribution is -0.140. The fourth-order valence-electron chi connectivity index (χ4n) is 4.59. The van der Waals surface area contributed by atoms with Crippen LogP contribution in [0.4, 0.5) is 0 Å². The SMILES string of the molecule is O=C([C@H]1CC[C@H]2OCCN[C@@H]2C1)N1CCc2oc(-c3ccccc3)nc2C1. The van der Waals surface area contributed by atoms with Gasteiger partial charge in [-0.3, -0.25) is 4.79 Å². The molecular weight excluding hydrogens is 342 g/mol. The Morgan fingerprint density at radius 1 is 1.22 bits per heavy atom. The summed E-state index contributed by atoms with van der Waals surface area (Å²) in [5.74, 6) is 1.92. The summed E-state index contributed by atoms with van der Waals surface area (Å²) in [5, 5.41) is 3.52. The minimum absolute atomic E-state index is 0.0856. The third kappa shape index (κ3) is 3.28. The monoisotopic (exact) mass is 367 g/mol. The van der Waals surface area contributed by atoms with Crippen LogP contribution in [0, 0.1) is 5.92 Å². The Bertz CT molecular complexity index is 819. The van der Waals surface area contributed by atoms with E-state index < -0.39 is 0 Å². The molecule has 1 amide bonds. The van der Waals surface area contributed by atoms with E-state index in [-0.39, 0.29) is 17.9 Å². The maximum atomic E-state index is 13.1. The van der Waals surface area contributed by atoms with E-state index in [1.165, 1.54) is 0 Å². The summed E-state index contributed by atoms with van der Waals surface area (Å²) >= 11 is 0. The second kappa shape index (κ2) is 7.09. The van der Waals surface area contributed by atoms with Crippen LogP contribution < -0.4 is 5.32 Å². The van der Waals surface area contributed by atoms with Gasteiger partial charge in [0.2, 0.25) is 11.8 Å². The van der Waals surface area contributed by atoms with Gasteiger partial charge in [0, 0.05) is 37.0 Å². The first-order valence-corrected chi connectivity index (χ1v) is 9.96. The molecule has 1 aromatic carbocycles. The van der Waals surface area contributed by atoms with Crippen molar-refractivity contribution in [2.45, 2.75) is 44.4 Å². The van der Waals surface area contributed by atoms with E-state index in [0.717, 1.165) is 55.9 Å². The van der Waals surface area contributed by atoms with Gasteiger partial charge in [-0.05, 0) is 31.4 Å². The number of oxazole rings is 1. The molecule has 6 heteroatoms. The second-order valence-electron chi connectivity index (χ2n) is 7.74. The number of benzene rings is 1. The van der Waals surface area contributed by atoms with E-state index >= 15 is 0 Å². The van der Waals surface area contributed by atoms with Crippen molar-refractivity contribution in [2.75, 3.05) is 19.7 Å². The molecule has 0 bridgehead atoms. The van der Waals surface area contributed by atoms with Crippen LogP contribution in [-0.2, 0) is 22.5 Å². The molecule has 1 N–H and O–H groups in total. The molecule has 3 heterocycles. The zero-order chi connectivity index (χ0) is 18.2. The molecule has 142 valence electrons. The fourth-order valence-corrected chi connectivity index (χ4v) is 4.59. The molecule has 27 heavy (non-hydrogen) atoms. The zero-order valence-electron chi connectivity index (χ0n) is 15.4. The lowest BCUT2D eigenvalue weighted by atomic mass is 9.82. The zero-order valence-corrected chi connectivity index (χ0v) is 15.4. The van der Waals surface area contributed by atoms with Crippen LogP contribution in [0.1, 0.15) is 30.7 Å². The molecule has 1 saturated carbocycles. The van der Waals surface area contributed by atoms with Crippen molar-refractivity contribution < 1.29 is 13.9 Å². The Hall–Kier alpha value is -2.18. The van der Waals surface area contributed by atoms with Crippen LogP contribution >= 0.6 is 0 Å². The van der Waals surface area contributed by atoms with Crippen LogP contribution in [0.15, 0.2) is 34.7 Å². The molecule has 2 fully saturated rings. The minimum atomic E-state index is 0.0856. The summed E-state index contributed by atoms with van der Waals surface area (Å²) in [4.78, 5) is 19.8. The van der Waals surface area contributed by atoms with Crippen LogP contribution in [-0.4, -0.2) is 47.6 Å². The van der Waals surface area contributed by atoms with Crippen molar-refractivity contribution >= 4 is 5.91 Å². The molecule has 2 aromatic rings. The minimum Gasteiger partial charge on any atom is -0.441 e. The van der Waals surface area contributed by atoms with Gasteiger partial charge >= 0.3 is 0 Å². The number of carbonyl (C=O) groups is 1. The number of nitrogens with one attached hydrogen (secondary N) is 1. The number of ether oxygens (including phenoxy) is 1. The standard InChI is InChI=1S/C21H25N3O3/c25-21(15-6-7-18-16(12-15)22-9-11-26-18)24-10-8-19-17(13-24)23-20(27-19)14-4-2-1-3-5-14/h1-5,15-16,18,22H,6-13H2/t15-,16+,18+/m0/s1. The lowest BCUT2D eigenvalue weighted by Gasteiger charge is -2.40. The molecule has 0 spiro atoms. The molecule has 1 aliphatic carbocycles. The van der Waals surface area contributed by atoms with Gasteiger partial charge in [-0.15, -0.1) is 0 Å². The van der Waals surface area contributed by atoms with Crippen LogP contribution in [0.2, 0.25) is 0 Å². The predicted octanol–water partition coefficient (Wildman–Crippen LogP) is 2.38. The molecule has 3 atom stereocenters. The highest BCUT2D eigenvalue weighted by molar-refractivity contribution is 5.79. The van der Waals surface area contributed by atoms with Gasteiger partial charge in [0.1, 0.15) is 11.5 Å². The Labute approximate surface area is 158 Å². The third-order valence-corrected chi connectivity index (χ3v) is 6.04. The maximum Gasteiger partial charge on any atom is 0.226 e. The van der Waals surface area contributed by atoms with Gasteiger partial charge in [0.15, 0.2) is 0 Å². The van der Waals surface area contributed by atoms with Gasteiger partial charge < -0.3 is 19.4 Å². The highest BCUT2D eigenvalue weighted by atomic mass is 16.5. The van der Waals surface area contributed by atoms with Crippen LogP contribution in [0.3, 0.4) is 0 Å². The summed E-state index contributed by atoms with van der Waals surface area (Å²) < 4.78 is 11.8. The van der Waals surface area contributed by atoms with Gasteiger partial charge in [-0.25, -0.2) is 4.98 Å². The number of rotatable bonds is 2. The topological polar surface area (TPSA) is 67.6 Å². The summed E-state index contributed by atoms with van der Waals surface area (Å²) in [6.45, 7) is 2.93. The van der Waals surface area contributed by atoms with Crippen molar-refractivity contribution in [3.63, 3.8) is 0 Å². The van der Waals surface area contributed by atoms with E-state index in [1.807, 2.05) is 35.2 Å². The van der Waals surface area contributed by atoms with Gasteiger partial charge in [-0.2, -0.15) is 0 Å². The highest BCUT2D eigenvalue weighted by Gasteiger charge is 2.38. The molecule has 1 saturated heterocycles. The van der Waals surface area contributed by atoms with Crippen molar-refractivity contribution in [3.05, 3.63) is 41.8 Å². The van der Waals surface area contributed by atoms with Crippen molar-refractivity contribution in [1.29, 1.82) is 0 Å². The first kappa shape index (κ1) is 17.0. The van der Waals surface area contributed by atoms with E-state index in [9.17, 15) is 4.79 Å². The average Bonchev–Trinajstić information content (AvgIpc) is 3.17. The highest BCUT2D eigenvalue weighted by Crippen LogP contribution is 2.32. The van der Waals surface area contributed by atoms with Gasteiger partial charge in [0.05, 0.1) is 19.3 Å². The molecule has 2 aliphatic heterocycles. The maximum absolute atomic E-state index is 13.1. The molecular formula is C21H25N3O3. The number of hydrogen-bond acceptors (Lipinski definition) is 5. The van der Waals surface area contributed by atoms with Crippen molar-refractivity contribution in [2.24, 2.45) is 5.92 Å². The second-order valence-corrected chi connectivity index (χ2v) is 7.74. The lowest BCUT2D eigenvalue weighted by Crippen LogP contribution is -2.53. The van der Waals surface area contributed by atoms with E-state index in [0.29, 0.717) is 25.0 Å². The molecule has 0 radical (unpaired) electrons. The molecule has 5 rings (SSSR count). The Morgan fingerprint density at radius 3 is 3.00 bits per heavy atom. The molecule has 3 aliphatic rings. The number of amides is 1. The van der Waals surface area contributed by atoms with Crippen molar-refractivity contribution in [3.8, 4) is 11.5 Å². The van der Waals surface area contributed by atoms with Gasteiger partial charge in [0.25, 0.3) is 0 Å². The Balaban J connectivity index is 1.28. The molecule has 0 unspecified atom stereocenters. The smallest absolute Gasteiger partial charge is 0.226 e. The Kier molecular flexibility index (Phi) is 4.45. The number of morpholine rings is 1. The van der Waals surface area contributed by atoms with E-state index in [4.69, 9.17) is 9.15 Å². The van der Waals surface area contributed by atoms with E-state index in [1.54, 1.807) is 0 Å². The normalized spacial score (nSPS) is 27.7. The summed E-state index contributed by atoms with van der Waals surface area (Å²) in [7, 11) is 0. The van der Waals surface area contributed by atoms with Gasteiger partial charge in [-0.1, -0.05) is 18.2 Å². The molecule has 6 nitrogen and oxygen atoms in total. The quantitative estimate of drug-likeness (QED) is 0.883. The molecule has 1 aromatic heterocycles. The first-order chi connectivity index (χ1) is 13.3. The Morgan fingerprint density at radius 2 is 2.11 bits per heavy atom. The largest absolute Gasteiger partial charge is 0.441 e. The van der Waals surface area contributed by atoms with Crippen molar-refractivity contribution in [1.82, 2.24) is 15.2 Å². The fraction of sp³-hybridized carbons (Fsp3) is 0.524. The third-order valence-electron chi connectivity index (χ3n) is 6.04. The van der Waals surface area contributed by atoms with Crippen LogP contribution in [0.5, 0.6) is 0 Å².